The fraction of sp³-hybridized carbons (Fsp3) is 0.0714. The lowest BCUT2D eigenvalue weighted by molar-refractivity contribution is 0.885. The summed E-state index contributed by atoms with van der Waals surface area (Å²) in [4.78, 5) is 2.33. The molecule has 5 heteroatoms. The maximum absolute atomic E-state index is 6.05. The first kappa shape index (κ1) is 12.3. The van der Waals surface area contributed by atoms with Gasteiger partial charge in [-0.05, 0) is 43.3 Å². The van der Waals surface area contributed by atoms with E-state index in [0.717, 1.165) is 16.3 Å². The zero-order chi connectivity index (χ0) is 13.4. The first-order chi connectivity index (χ1) is 9.13. The average Bonchev–Trinajstić information content (AvgIpc) is 2.96. The second-order valence-corrected chi connectivity index (χ2v) is 5.99. The van der Waals surface area contributed by atoms with E-state index in [1.54, 1.807) is 16.0 Å². The molecular formula is C14H12ClN3S. The number of anilines is 1. The molecule has 0 aliphatic heterocycles. The number of halogens is 1. The van der Waals surface area contributed by atoms with Crippen molar-refractivity contribution in [3.63, 3.8) is 0 Å². The summed E-state index contributed by atoms with van der Waals surface area (Å²) in [6, 6.07) is 11.6. The fourth-order valence-corrected chi connectivity index (χ4v) is 2.87. The van der Waals surface area contributed by atoms with Crippen LogP contribution in [0.3, 0.4) is 0 Å². The van der Waals surface area contributed by atoms with E-state index in [0.29, 0.717) is 10.7 Å². The van der Waals surface area contributed by atoms with E-state index >= 15 is 0 Å². The van der Waals surface area contributed by atoms with Crippen LogP contribution in [0.15, 0.2) is 42.6 Å². The average molecular weight is 290 g/mol. The third-order valence-electron chi connectivity index (χ3n) is 2.81. The predicted molar refractivity (Wildman–Crippen MR) is 81.0 cm³/mol. The smallest absolute Gasteiger partial charge is 0.126 e. The molecule has 0 aliphatic rings. The molecule has 0 bridgehead atoms. The van der Waals surface area contributed by atoms with Crippen LogP contribution in [0.2, 0.25) is 5.02 Å². The van der Waals surface area contributed by atoms with E-state index in [4.69, 9.17) is 17.3 Å². The fourth-order valence-electron chi connectivity index (χ4n) is 1.87. The predicted octanol–water partition coefficient (Wildman–Crippen LogP) is 4.14. The number of nitrogens with two attached hydrogens (primary N) is 1. The second kappa shape index (κ2) is 4.72. The van der Waals surface area contributed by atoms with Gasteiger partial charge in [-0.15, -0.1) is 11.3 Å². The van der Waals surface area contributed by atoms with Gasteiger partial charge >= 0.3 is 0 Å². The Morgan fingerprint density at radius 2 is 1.89 bits per heavy atom. The summed E-state index contributed by atoms with van der Waals surface area (Å²) in [5.74, 6) is 0. The topological polar surface area (TPSA) is 43.8 Å². The van der Waals surface area contributed by atoms with Crippen molar-refractivity contribution in [2.45, 2.75) is 6.92 Å². The van der Waals surface area contributed by atoms with Crippen molar-refractivity contribution in [1.82, 2.24) is 9.78 Å². The number of hydrogen-bond donors (Lipinski definition) is 1. The van der Waals surface area contributed by atoms with Crippen LogP contribution in [0.25, 0.3) is 16.3 Å². The molecule has 3 nitrogen and oxygen atoms in total. The van der Waals surface area contributed by atoms with Crippen molar-refractivity contribution in [2.75, 3.05) is 5.73 Å². The number of nitrogens with zero attached hydrogens (tertiary/aromatic N) is 2. The van der Waals surface area contributed by atoms with Crippen LogP contribution in [-0.2, 0) is 0 Å². The molecule has 0 saturated heterocycles. The van der Waals surface area contributed by atoms with Crippen LogP contribution in [0.4, 0.5) is 5.69 Å². The van der Waals surface area contributed by atoms with E-state index in [-0.39, 0.29) is 0 Å². The van der Waals surface area contributed by atoms with Gasteiger partial charge in [-0.25, -0.2) is 4.68 Å². The van der Waals surface area contributed by atoms with Gasteiger partial charge in [0.2, 0.25) is 0 Å². The molecule has 0 aliphatic carbocycles. The highest BCUT2D eigenvalue weighted by atomic mass is 35.5. The molecule has 19 heavy (non-hydrogen) atoms. The van der Waals surface area contributed by atoms with Crippen molar-refractivity contribution >= 4 is 28.6 Å². The van der Waals surface area contributed by atoms with Gasteiger partial charge in [0.05, 0.1) is 22.4 Å². The normalized spacial score (nSPS) is 10.8. The summed E-state index contributed by atoms with van der Waals surface area (Å²) < 4.78 is 1.77. The Bertz CT molecular complexity index is 713. The third kappa shape index (κ3) is 2.37. The number of hydrogen-bond acceptors (Lipinski definition) is 3. The van der Waals surface area contributed by atoms with Crippen LogP contribution in [0, 0.1) is 6.92 Å². The summed E-state index contributed by atoms with van der Waals surface area (Å²) in [6.45, 7) is 2.07. The summed E-state index contributed by atoms with van der Waals surface area (Å²) >= 11 is 7.57. The van der Waals surface area contributed by atoms with Gasteiger partial charge < -0.3 is 5.73 Å². The Hall–Kier alpha value is -1.78. The SMILES string of the molecule is Cc1ccc(-c2nn(-c3ccc(Cl)cc3)cc2N)s1. The van der Waals surface area contributed by atoms with Crippen LogP contribution < -0.4 is 5.73 Å². The quantitative estimate of drug-likeness (QED) is 0.770. The highest BCUT2D eigenvalue weighted by Crippen LogP contribution is 2.31. The Balaban J connectivity index is 2.04. The molecule has 0 radical (unpaired) electrons. The second-order valence-electron chi connectivity index (χ2n) is 4.26. The minimum atomic E-state index is 0.678. The third-order valence-corrected chi connectivity index (χ3v) is 4.07. The number of thiophene rings is 1. The Kier molecular flexibility index (Phi) is 3.05. The lowest BCUT2D eigenvalue weighted by Gasteiger charge is -2.00. The molecule has 2 heterocycles. The molecule has 2 N–H and O–H groups in total. The summed E-state index contributed by atoms with van der Waals surface area (Å²) in [5, 5.41) is 5.26. The molecule has 96 valence electrons. The van der Waals surface area contributed by atoms with Gasteiger partial charge in [-0.1, -0.05) is 11.6 Å². The van der Waals surface area contributed by atoms with E-state index in [1.165, 1.54) is 4.88 Å². The highest BCUT2D eigenvalue weighted by Gasteiger charge is 2.11. The zero-order valence-electron chi connectivity index (χ0n) is 10.3. The molecular weight excluding hydrogens is 278 g/mol. The van der Waals surface area contributed by atoms with E-state index in [9.17, 15) is 0 Å². The van der Waals surface area contributed by atoms with Crippen LogP contribution in [-0.4, -0.2) is 9.78 Å². The molecule has 3 rings (SSSR count). The van der Waals surface area contributed by atoms with Crippen LogP contribution >= 0.6 is 22.9 Å². The monoisotopic (exact) mass is 289 g/mol. The van der Waals surface area contributed by atoms with Crippen LogP contribution in [0.1, 0.15) is 4.88 Å². The van der Waals surface area contributed by atoms with E-state index in [2.05, 4.69) is 18.1 Å². The first-order valence-electron chi connectivity index (χ1n) is 5.81. The molecule has 0 spiro atoms. The van der Waals surface area contributed by atoms with Crippen molar-refractivity contribution < 1.29 is 0 Å². The Morgan fingerprint density at radius 1 is 1.16 bits per heavy atom. The number of aryl methyl sites for hydroxylation is 1. The molecule has 0 atom stereocenters. The summed E-state index contributed by atoms with van der Waals surface area (Å²) in [7, 11) is 0. The Labute approximate surface area is 120 Å². The van der Waals surface area contributed by atoms with E-state index in [1.807, 2.05) is 36.5 Å². The molecule has 0 unspecified atom stereocenters. The maximum atomic E-state index is 6.05. The largest absolute Gasteiger partial charge is 0.396 e. The van der Waals surface area contributed by atoms with Gasteiger partial charge in [0.15, 0.2) is 0 Å². The van der Waals surface area contributed by atoms with Crippen LogP contribution in [0.5, 0.6) is 0 Å². The molecule has 0 saturated carbocycles. The zero-order valence-corrected chi connectivity index (χ0v) is 11.9. The minimum absolute atomic E-state index is 0.678. The molecule has 0 fully saturated rings. The van der Waals surface area contributed by atoms with Crippen molar-refractivity contribution in [3.05, 3.63) is 52.5 Å². The number of aromatic nitrogens is 2. The van der Waals surface area contributed by atoms with Crippen molar-refractivity contribution in [3.8, 4) is 16.3 Å². The summed E-state index contributed by atoms with van der Waals surface area (Å²) in [6.07, 6.45) is 1.83. The number of benzene rings is 1. The van der Waals surface area contributed by atoms with Gasteiger partial charge in [0.25, 0.3) is 0 Å². The summed E-state index contributed by atoms with van der Waals surface area (Å²) in [5.41, 5.74) is 8.49. The molecule has 3 aromatic rings. The van der Waals surface area contributed by atoms with E-state index < -0.39 is 0 Å². The molecule has 1 aromatic carbocycles. The molecule has 0 amide bonds. The minimum Gasteiger partial charge on any atom is -0.396 e. The Morgan fingerprint density at radius 3 is 2.53 bits per heavy atom. The highest BCUT2D eigenvalue weighted by molar-refractivity contribution is 7.15. The maximum Gasteiger partial charge on any atom is 0.126 e. The van der Waals surface area contributed by atoms with Gasteiger partial charge in [0.1, 0.15) is 5.69 Å². The standard InChI is InChI=1S/C14H12ClN3S/c1-9-2-7-13(19-9)14-12(16)8-18(17-14)11-5-3-10(15)4-6-11/h2-8H,16H2,1H3. The van der Waals surface area contributed by atoms with Gasteiger partial charge in [0, 0.05) is 9.90 Å². The number of nitrogen functional groups attached to an aromatic ring is 1. The van der Waals surface area contributed by atoms with Gasteiger partial charge in [-0.3, -0.25) is 0 Å². The first-order valence-corrected chi connectivity index (χ1v) is 7.01. The lowest BCUT2D eigenvalue weighted by atomic mass is 10.3. The number of rotatable bonds is 2. The van der Waals surface area contributed by atoms with Gasteiger partial charge in [-0.2, -0.15) is 5.10 Å². The van der Waals surface area contributed by atoms with Crippen molar-refractivity contribution in [1.29, 1.82) is 0 Å². The van der Waals surface area contributed by atoms with Crippen molar-refractivity contribution in [2.24, 2.45) is 0 Å². The lowest BCUT2D eigenvalue weighted by Crippen LogP contribution is -1.93. The molecule has 2 aromatic heterocycles.